The number of benzene rings is 1. The highest BCUT2D eigenvalue weighted by molar-refractivity contribution is 7.13. The highest BCUT2D eigenvalue weighted by Crippen LogP contribution is 2.36. The second kappa shape index (κ2) is 7.23. The van der Waals surface area contributed by atoms with Crippen molar-refractivity contribution in [2.45, 2.75) is 31.8 Å². The Labute approximate surface area is 151 Å². The fourth-order valence-electron chi connectivity index (χ4n) is 3.14. The molecule has 1 aromatic carbocycles. The summed E-state index contributed by atoms with van der Waals surface area (Å²) in [6.45, 7) is 0. The van der Waals surface area contributed by atoms with Crippen molar-refractivity contribution in [2.24, 2.45) is 0 Å². The monoisotopic (exact) mass is 352 g/mol. The van der Waals surface area contributed by atoms with Crippen LogP contribution in [0.25, 0.3) is 21.8 Å². The number of ether oxygens (including phenoxy) is 2. The number of aromatic nitrogens is 2. The van der Waals surface area contributed by atoms with Crippen LogP contribution in [0.3, 0.4) is 0 Å². The number of hydrogen-bond acceptors (Lipinski definition) is 5. The van der Waals surface area contributed by atoms with E-state index in [-0.39, 0.29) is 0 Å². The molecule has 0 saturated heterocycles. The fourth-order valence-corrected chi connectivity index (χ4v) is 3.96. The number of rotatable bonds is 5. The van der Waals surface area contributed by atoms with E-state index in [1.807, 2.05) is 36.5 Å². The van der Waals surface area contributed by atoms with Crippen LogP contribution in [0.1, 0.15) is 25.7 Å². The molecule has 1 aliphatic rings. The van der Waals surface area contributed by atoms with E-state index in [1.54, 1.807) is 24.6 Å². The van der Waals surface area contributed by atoms with Crippen molar-refractivity contribution in [2.75, 3.05) is 7.11 Å². The summed E-state index contributed by atoms with van der Waals surface area (Å²) in [5, 5.41) is 3.04. The molecule has 2 heterocycles. The molecule has 0 unspecified atom stereocenters. The van der Waals surface area contributed by atoms with Gasteiger partial charge in [0.1, 0.15) is 5.01 Å². The average molecular weight is 352 g/mol. The fraction of sp³-hybridized carbons (Fsp3) is 0.300. The average Bonchev–Trinajstić information content (AvgIpc) is 3.34. The van der Waals surface area contributed by atoms with Crippen LogP contribution in [0.15, 0.2) is 48.1 Å². The molecular formula is C20H20N2O2S. The first kappa shape index (κ1) is 16.1. The first-order valence-electron chi connectivity index (χ1n) is 8.54. The normalized spacial score (nSPS) is 14.6. The van der Waals surface area contributed by atoms with E-state index >= 15 is 0 Å². The molecule has 4 nitrogen and oxygen atoms in total. The third-order valence-corrected chi connectivity index (χ3v) is 5.36. The number of pyridine rings is 1. The Morgan fingerprint density at radius 2 is 1.96 bits per heavy atom. The highest BCUT2D eigenvalue weighted by Gasteiger charge is 2.19. The van der Waals surface area contributed by atoms with Crippen LogP contribution >= 0.6 is 11.3 Å². The van der Waals surface area contributed by atoms with Crippen LogP contribution in [0.2, 0.25) is 0 Å². The molecule has 0 atom stereocenters. The smallest absolute Gasteiger partial charge is 0.162 e. The summed E-state index contributed by atoms with van der Waals surface area (Å²) in [6.07, 6.45) is 8.63. The third kappa shape index (κ3) is 3.51. The molecule has 128 valence electrons. The molecule has 0 aliphatic heterocycles. The van der Waals surface area contributed by atoms with Crippen LogP contribution < -0.4 is 9.47 Å². The van der Waals surface area contributed by atoms with Gasteiger partial charge in [-0.2, -0.15) is 0 Å². The first-order valence-corrected chi connectivity index (χ1v) is 9.42. The van der Waals surface area contributed by atoms with Crippen molar-refractivity contribution < 1.29 is 9.47 Å². The molecule has 0 spiro atoms. The van der Waals surface area contributed by atoms with Gasteiger partial charge >= 0.3 is 0 Å². The lowest BCUT2D eigenvalue weighted by atomic mass is 10.1. The van der Waals surface area contributed by atoms with Crippen molar-refractivity contribution >= 4 is 11.3 Å². The molecule has 0 radical (unpaired) electrons. The van der Waals surface area contributed by atoms with Crippen molar-refractivity contribution in [3.63, 3.8) is 0 Å². The van der Waals surface area contributed by atoms with Crippen LogP contribution in [-0.4, -0.2) is 23.2 Å². The molecule has 2 aromatic heterocycles. The van der Waals surface area contributed by atoms with Gasteiger partial charge in [-0.3, -0.25) is 4.98 Å². The lowest BCUT2D eigenvalue weighted by Gasteiger charge is -2.16. The highest BCUT2D eigenvalue weighted by atomic mass is 32.1. The van der Waals surface area contributed by atoms with Gasteiger partial charge in [0.2, 0.25) is 0 Å². The maximum atomic E-state index is 6.19. The van der Waals surface area contributed by atoms with Gasteiger partial charge in [0.15, 0.2) is 11.5 Å². The summed E-state index contributed by atoms with van der Waals surface area (Å²) in [6, 6.07) is 9.99. The summed E-state index contributed by atoms with van der Waals surface area (Å²) in [5.41, 5.74) is 3.03. The van der Waals surface area contributed by atoms with Crippen LogP contribution in [0.4, 0.5) is 0 Å². The van der Waals surface area contributed by atoms with Crippen molar-refractivity contribution in [3.8, 4) is 33.3 Å². The van der Waals surface area contributed by atoms with Gasteiger partial charge in [-0.25, -0.2) is 4.98 Å². The second-order valence-corrected chi connectivity index (χ2v) is 7.03. The molecule has 5 heteroatoms. The zero-order valence-electron chi connectivity index (χ0n) is 14.1. The zero-order valence-corrected chi connectivity index (χ0v) is 15.0. The van der Waals surface area contributed by atoms with Gasteiger partial charge in [-0.05, 0) is 56.0 Å². The van der Waals surface area contributed by atoms with E-state index in [4.69, 9.17) is 14.5 Å². The molecule has 3 aromatic rings. The molecule has 1 saturated carbocycles. The SMILES string of the molecule is COc1ccc(-c2csc(-c3cccnc3)n2)cc1OC1CCCC1. The van der Waals surface area contributed by atoms with Gasteiger partial charge in [-0.1, -0.05) is 0 Å². The lowest BCUT2D eigenvalue weighted by molar-refractivity contribution is 0.201. The van der Waals surface area contributed by atoms with E-state index in [9.17, 15) is 0 Å². The Hall–Kier alpha value is -2.40. The molecule has 0 N–H and O–H groups in total. The zero-order chi connectivity index (χ0) is 17.1. The van der Waals surface area contributed by atoms with Gasteiger partial charge < -0.3 is 9.47 Å². The minimum absolute atomic E-state index is 0.297. The first-order chi connectivity index (χ1) is 12.3. The third-order valence-electron chi connectivity index (χ3n) is 4.47. The van der Waals surface area contributed by atoms with Crippen molar-refractivity contribution in [1.29, 1.82) is 0 Å². The van der Waals surface area contributed by atoms with E-state index in [1.165, 1.54) is 12.8 Å². The standard InChI is InChI=1S/C20H20N2O2S/c1-23-18-9-8-14(11-19(18)24-16-6-2-3-7-16)17-13-25-20(22-17)15-5-4-10-21-12-15/h4-5,8-13,16H,2-3,6-7H2,1H3. The Balaban J connectivity index is 1.63. The summed E-state index contributed by atoms with van der Waals surface area (Å²) in [4.78, 5) is 8.93. The maximum Gasteiger partial charge on any atom is 0.162 e. The van der Waals surface area contributed by atoms with Gasteiger partial charge in [0.05, 0.1) is 18.9 Å². The van der Waals surface area contributed by atoms with Crippen molar-refractivity contribution in [3.05, 3.63) is 48.1 Å². The molecule has 0 bridgehead atoms. The van der Waals surface area contributed by atoms with E-state index < -0.39 is 0 Å². The van der Waals surface area contributed by atoms with E-state index in [0.717, 1.165) is 46.2 Å². The Morgan fingerprint density at radius 1 is 1.08 bits per heavy atom. The Kier molecular flexibility index (Phi) is 4.65. The predicted molar refractivity (Wildman–Crippen MR) is 100 cm³/mol. The summed E-state index contributed by atoms with van der Waals surface area (Å²) < 4.78 is 11.7. The van der Waals surface area contributed by atoms with Crippen molar-refractivity contribution in [1.82, 2.24) is 9.97 Å². The number of methoxy groups -OCH3 is 1. The van der Waals surface area contributed by atoms with Crippen LogP contribution in [0, 0.1) is 0 Å². The second-order valence-electron chi connectivity index (χ2n) is 6.17. The van der Waals surface area contributed by atoms with Gasteiger partial charge in [0, 0.05) is 28.9 Å². The minimum atomic E-state index is 0.297. The summed E-state index contributed by atoms with van der Waals surface area (Å²) in [5.74, 6) is 1.58. The lowest BCUT2D eigenvalue weighted by Crippen LogP contribution is -2.11. The topological polar surface area (TPSA) is 44.2 Å². The largest absolute Gasteiger partial charge is 0.493 e. The van der Waals surface area contributed by atoms with Gasteiger partial charge in [-0.15, -0.1) is 11.3 Å². The molecule has 1 fully saturated rings. The minimum Gasteiger partial charge on any atom is -0.493 e. The summed E-state index contributed by atoms with van der Waals surface area (Å²) in [7, 11) is 1.68. The van der Waals surface area contributed by atoms with E-state index in [2.05, 4.69) is 10.4 Å². The summed E-state index contributed by atoms with van der Waals surface area (Å²) >= 11 is 1.62. The molecular weight excluding hydrogens is 332 g/mol. The van der Waals surface area contributed by atoms with Crippen LogP contribution in [-0.2, 0) is 0 Å². The quantitative estimate of drug-likeness (QED) is 0.633. The molecule has 4 rings (SSSR count). The Bertz CT molecular complexity index is 842. The van der Waals surface area contributed by atoms with E-state index in [0.29, 0.717) is 6.10 Å². The molecule has 0 amide bonds. The van der Waals surface area contributed by atoms with Gasteiger partial charge in [0.25, 0.3) is 0 Å². The van der Waals surface area contributed by atoms with Crippen LogP contribution in [0.5, 0.6) is 11.5 Å². The number of nitrogens with zero attached hydrogens (tertiary/aromatic N) is 2. The number of hydrogen-bond donors (Lipinski definition) is 0. The maximum absolute atomic E-state index is 6.19. The number of thiazole rings is 1. The molecule has 1 aliphatic carbocycles. The Morgan fingerprint density at radius 3 is 2.72 bits per heavy atom. The molecule has 25 heavy (non-hydrogen) atoms. The predicted octanol–water partition coefficient (Wildman–Crippen LogP) is 5.20.